The van der Waals surface area contributed by atoms with Crippen molar-refractivity contribution in [2.45, 2.75) is 20.3 Å². The molecule has 0 radical (unpaired) electrons. The highest BCUT2D eigenvalue weighted by Gasteiger charge is 2.11. The summed E-state index contributed by atoms with van der Waals surface area (Å²) in [5, 5.41) is 4.44. The quantitative estimate of drug-likeness (QED) is 0.853. The Bertz CT molecular complexity index is 562. The molecule has 1 N–H and O–H groups in total. The van der Waals surface area contributed by atoms with Crippen molar-refractivity contribution in [3.63, 3.8) is 0 Å². The summed E-state index contributed by atoms with van der Waals surface area (Å²) in [6.45, 7) is 4.36. The number of fused-ring (bicyclic) bond motifs is 1. The Morgan fingerprint density at radius 2 is 2.12 bits per heavy atom. The molecule has 0 aliphatic carbocycles. The van der Waals surface area contributed by atoms with Crippen molar-refractivity contribution in [2.24, 2.45) is 7.05 Å². The van der Waals surface area contributed by atoms with E-state index in [0.29, 0.717) is 0 Å². The monoisotopic (exact) mass is 228 g/mol. The summed E-state index contributed by atoms with van der Waals surface area (Å²) in [4.78, 5) is 0. The highest BCUT2D eigenvalue weighted by Crippen LogP contribution is 2.27. The topological polar surface area (TPSA) is 17.0 Å². The van der Waals surface area contributed by atoms with Crippen LogP contribution in [-0.4, -0.2) is 11.6 Å². The summed E-state index contributed by atoms with van der Waals surface area (Å²) in [5.74, 6) is 0. The van der Waals surface area contributed by atoms with E-state index >= 15 is 0 Å². The third kappa shape index (κ3) is 1.95. The van der Waals surface area contributed by atoms with Gasteiger partial charge < -0.3 is 9.88 Å². The molecule has 0 amide bonds. The van der Waals surface area contributed by atoms with Gasteiger partial charge in [-0.3, -0.25) is 0 Å². The standard InChI is InChI=1S/C15H20N2/c1-5-12-13-10-11(2)6-7-14(13)17(4)15(12)8-9-16-3/h6-10,16H,5H2,1-4H3/b9-8-. The van der Waals surface area contributed by atoms with Crippen LogP contribution < -0.4 is 5.32 Å². The summed E-state index contributed by atoms with van der Waals surface area (Å²) >= 11 is 0. The van der Waals surface area contributed by atoms with Crippen molar-refractivity contribution in [1.29, 1.82) is 0 Å². The van der Waals surface area contributed by atoms with Gasteiger partial charge in [-0.15, -0.1) is 0 Å². The second-order valence-electron chi connectivity index (χ2n) is 4.42. The predicted molar refractivity (Wildman–Crippen MR) is 75.1 cm³/mol. The fraction of sp³-hybridized carbons (Fsp3) is 0.333. The van der Waals surface area contributed by atoms with Gasteiger partial charge in [-0.05, 0) is 43.3 Å². The number of nitrogens with zero attached hydrogens (tertiary/aromatic N) is 1. The van der Waals surface area contributed by atoms with E-state index < -0.39 is 0 Å². The van der Waals surface area contributed by atoms with Crippen molar-refractivity contribution >= 4 is 17.0 Å². The summed E-state index contributed by atoms with van der Waals surface area (Å²) in [7, 11) is 4.06. The first-order chi connectivity index (χ1) is 8.19. The minimum atomic E-state index is 1.06. The predicted octanol–water partition coefficient (Wildman–Crippen LogP) is 3.24. The van der Waals surface area contributed by atoms with Gasteiger partial charge in [-0.25, -0.2) is 0 Å². The lowest BCUT2D eigenvalue weighted by Crippen LogP contribution is -1.96. The van der Waals surface area contributed by atoms with Crippen LogP contribution in [0.25, 0.3) is 17.0 Å². The normalized spacial score (nSPS) is 11.5. The lowest BCUT2D eigenvalue weighted by atomic mass is 10.1. The molecule has 0 bridgehead atoms. The highest BCUT2D eigenvalue weighted by molar-refractivity contribution is 5.88. The van der Waals surface area contributed by atoms with E-state index in [1.807, 2.05) is 13.2 Å². The molecule has 0 unspecified atom stereocenters. The van der Waals surface area contributed by atoms with Crippen LogP contribution in [0.2, 0.25) is 0 Å². The Balaban J connectivity index is 2.74. The smallest absolute Gasteiger partial charge is 0.0485 e. The van der Waals surface area contributed by atoms with Crippen LogP contribution in [0, 0.1) is 6.92 Å². The summed E-state index contributed by atoms with van der Waals surface area (Å²) < 4.78 is 2.27. The van der Waals surface area contributed by atoms with Crippen LogP contribution >= 0.6 is 0 Å². The number of benzene rings is 1. The van der Waals surface area contributed by atoms with Crippen LogP contribution in [0.3, 0.4) is 0 Å². The summed E-state index contributed by atoms with van der Waals surface area (Å²) in [6, 6.07) is 6.67. The summed E-state index contributed by atoms with van der Waals surface area (Å²) in [6.07, 6.45) is 5.19. The van der Waals surface area contributed by atoms with Crippen LogP contribution in [0.1, 0.15) is 23.7 Å². The molecule has 0 aliphatic rings. The molecule has 90 valence electrons. The second kappa shape index (κ2) is 4.66. The molecule has 17 heavy (non-hydrogen) atoms. The maximum atomic E-state index is 3.06. The number of hydrogen-bond acceptors (Lipinski definition) is 1. The van der Waals surface area contributed by atoms with Gasteiger partial charge in [0, 0.05) is 30.7 Å². The van der Waals surface area contributed by atoms with Crippen molar-refractivity contribution in [3.05, 3.63) is 41.2 Å². The zero-order valence-corrected chi connectivity index (χ0v) is 11.0. The Labute approximate surface area is 103 Å². The Kier molecular flexibility index (Phi) is 3.23. The molecule has 0 aliphatic heterocycles. The van der Waals surface area contributed by atoms with Crippen molar-refractivity contribution in [3.8, 4) is 0 Å². The lowest BCUT2D eigenvalue weighted by Gasteiger charge is -2.00. The maximum Gasteiger partial charge on any atom is 0.0485 e. The lowest BCUT2D eigenvalue weighted by molar-refractivity contribution is 0.936. The number of aryl methyl sites for hydroxylation is 3. The van der Waals surface area contributed by atoms with Crippen molar-refractivity contribution < 1.29 is 0 Å². The van der Waals surface area contributed by atoms with Gasteiger partial charge in [0.25, 0.3) is 0 Å². The Morgan fingerprint density at radius 1 is 1.35 bits per heavy atom. The molecular formula is C15H20N2. The molecule has 0 atom stereocenters. The van der Waals surface area contributed by atoms with Crippen molar-refractivity contribution in [1.82, 2.24) is 9.88 Å². The van der Waals surface area contributed by atoms with Crippen LogP contribution in [0.15, 0.2) is 24.4 Å². The average Bonchev–Trinajstić information content (AvgIpc) is 2.58. The molecule has 1 heterocycles. The van der Waals surface area contributed by atoms with Gasteiger partial charge in [-0.2, -0.15) is 0 Å². The van der Waals surface area contributed by atoms with Gasteiger partial charge in [0.15, 0.2) is 0 Å². The molecule has 2 rings (SSSR count). The van der Waals surface area contributed by atoms with E-state index in [9.17, 15) is 0 Å². The van der Waals surface area contributed by atoms with Crippen LogP contribution in [0.5, 0.6) is 0 Å². The van der Waals surface area contributed by atoms with E-state index in [4.69, 9.17) is 0 Å². The number of rotatable bonds is 3. The second-order valence-corrected chi connectivity index (χ2v) is 4.42. The Morgan fingerprint density at radius 3 is 2.76 bits per heavy atom. The first-order valence-corrected chi connectivity index (χ1v) is 6.10. The third-order valence-electron chi connectivity index (χ3n) is 3.27. The van der Waals surface area contributed by atoms with Gasteiger partial charge in [0.1, 0.15) is 0 Å². The van der Waals surface area contributed by atoms with Gasteiger partial charge >= 0.3 is 0 Å². The Hall–Kier alpha value is -1.70. The molecule has 0 spiro atoms. The molecule has 0 saturated carbocycles. The van der Waals surface area contributed by atoms with E-state index in [0.717, 1.165) is 6.42 Å². The largest absolute Gasteiger partial charge is 0.394 e. The van der Waals surface area contributed by atoms with Gasteiger partial charge in [0.05, 0.1) is 0 Å². The van der Waals surface area contributed by atoms with E-state index in [1.54, 1.807) is 0 Å². The van der Waals surface area contributed by atoms with Gasteiger partial charge in [0.2, 0.25) is 0 Å². The van der Waals surface area contributed by atoms with Crippen molar-refractivity contribution in [2.75, 3.05) is 7.05 Å². The SMILES string of the molecule is CCc1c(/C=C\NC)n(C)c2ccc(C)cc12. The molecular weight excluding hydrogens is 208 g/mol. The zero-order chi connectivity index (χ0) is 12.4. The molecule has 2 aromatic rings. The van der Waals surface area contributed by atoms with E-state index in [2.05, 4.69) is 55.1 Å². The highest BCUT2D eigenvalue weighted by atomic mass is 14.9. The zero-order valence-electron chi connectivity index (χ0n) is 11.0. The molecule has 1 aromatic carbocycles. The van der Waals surface area contributed by atoms with Gasteiger partial charge in [-0.1, -0.05) is 18.6 Å². The fourth-order valence-electron chi connectivity index (χ4n) is 2.40. The van der Waals surface area contributed by atoms with E-state index in [-0.39, 0.29) is 0 Å². The fourth-order valence-corrected chi connectivity index (χ4v) is 2.40. The average molecular weight is 228 g/mol. The molecule has 2 heteroatoms. The maximum absolute atomic E-state index is 3.06. The van der Waals surface area contributed by atoms with E-state index in [1.165, 1.54) is 27.7 Å². The minimum absolute atomic E-state index is 1.06. The number of aromatic nitrogens is 1. The first-order valence-electron chi connectivity index (χ1n) is 6.10. The number of nitrogens with one attached hydrogen (secondary N) is 1. The van der Waals surface area contributed by atoms with Crippen LogP contribution in [-0.2, 0) is 13.5 Å². The third-order valence-corrected chi connectivity index (χ3v) is 3.27. The first kappa shape index (κ1) is 11.8. The molecule has 0 fully saturated rings. The summed E-state index contributed by atoms with van der Waals surface area (Å²) in [5.41, 5.74) is 5.35. The number of hydrogen-bond donors (Lipinski definition) is 1. The molecule has 2 nitrogen and oxygen atoms in total. The molecule has 1 aromatic heterocycles. The molecule has 0 saturated heterocycles. The minimum Gasteiger partial charge on any atom is -0.394 e. The van der Waals surface area contributed by atoms with Crippen LogP contribution in [0.4, 0.5) is 0 Å².